The molecule has 1 nitrogen and oxygen atoms in total. The average Bonchev–Trinajstić information content (AvgIpc) is 2.30. The van der Waals surface area contributed by atoms with E-state index in [0.29, 0.717) is 10.6 Å². The predicted molar refractivity (Wildman–Crippen MR) is 62.6 cm³/mol. The zero-order valence-corrected chi connectivity index (χ0v) is 9.22. The molecule has 0 amide bonds. The molecule has 15 heavy (non-hydrogen) atoms. The number of hydrogen-bond acceptors (Lipinski definition) is 1. The first-order valence-electron chi connectivity index (χ1n) is 5.20. The Hall–Kier alpha value is -1.26. The van der Waals surface area contributed by atoms with Gasteiger partial charge in [0.25, 0.3) is 0 Å². The molecule has 1 aliphatic carbocycles. The average molecular weight is 218 g/mol. The summed E-state index contributed by atoms with van der Waals surface area (Å²) in [7, 11) is 0. The van der Waals surface area contributed by atoms with Gasteiger partial charge in [0.2, 0.25) is 0 Å². The minimum absolute atomic E-state index is 0.625. The van der Waals surface area contributed by atoms with Gasteiger partial charge in [0.1, 0.15) is 0 Å². The van der Waals surface area contributed by atoms with Crippen LogP contribution in [0.4, 0.5) is 0 Å². The largest absolute Gasteiger partial charge is 0.192 e. The van der Waals surface area contributed by atoms with Gasteiger partial charge < -0.3 is 0 Å². The summed E-state index contributed by atoms with van der Waals surface area (Å²) >= 11 is 6.15. The van der Waals surface area contributed by atoms with Gasteiger partial charge in [-0.05, 0) is 49.0 Å². The van der Waals surface area contributed by atoms with Crippen molar-refractivity contribution in [2.24, 2.45) is 0 Å². The normalized spacial score (nSPS) is 15.6. The number of hydrogen-bond donors (Lipinski definition) is 0. The maximum Gasteiger partial charge on any atom is 0.0992 e. The van der Waals surface area contributed by atoms with Crippen molar-refractivity contribution >= 4 is 17.2 Å². The second kappa shape index (κ2) is 4.51. The van der Waals surface area contributed by atoms with E-state index >= 15 is 0 Å². The van der Waals surface area contributed by atoms with E-state index in [4.69, 9.17) is 16.9 Å². The summed E-state index contributed by atoms with van der Waals surface area (Å²) in [5.74, 6) is 0. The van der Waals surface area contributed by atoms with Crippen LogP contribution in [-0.2, 0) is 0 Å². The van der Waals surface area contributed by atoms with Crippen LogP contribution in [0.5, 0.6) is 0 Å². The molecule has 0 radical (unpaired) electrons. The highest BCUT2D eigenvalue weighted by Gasteiger charge is 2.09. The van der Waals surface area contributed by atoms with E-state index in [-0.39, 0.29) is 0 Å². The van der Waals surface area contributed by atoms with Gasteiger partial charge in [-0.15, -0.1) is 0 Å². The molecular formula is C13H12ClN. The minimum Gasteiger partial charge on any atom is -0.192 e. The van der Waals surface area contributed by atoms with E-state index in [9.17, 15) is 0 Å². The highest BCUT2D eigenvalue weighted by Crippen LogP contribution is 2.31. The molecule has 1 aromatic carbocycles. The standard InChI is InChI=1S/C13H12ClN/c14-13-8-10(9-15)6-7-12(13)11-4-2-1-3-5-11/h4,6-8H,1-3,5H2. The number of nitrogens with zero attached hydrogens (tertiary/aromatic N) is 1. The fourth-order valence-corrected chi connectivity index (χ4v) is 2.23. The zero-order chi connectivity index (χ0) is 10.7. The van der Waals surface area contributed by atoms with E-state index in [0.717, 1.165) is 18.4 Å². The van der Waals surface area contributed by atoms with Gasteiger partial charge in [-0.1, -0.05) is 23.7 Å². The Kier molecular flexibility index (Phi) is 3.08. The third-order valence-electron chi connectivity index (χ3n) is 2.74. The fourth-order valence-electron chi connectivity index (χ4n) is 1.93. The summed E-state index contributed by atoms with van der Waals surface area (Å²) in [6.07, 6.45) is 7.02. The second-order valence-corrected chi connectivity index (χ2v) is 4.19. The Morgan fingerprint density at radius 3 is 2.73 bits per heavy atom. The summed E-state index contributed by atoms with van der Waals surface area (Å²) in [4.78, 5) is 0. The molecule has 1 aromatic rings. The van der Waals surface area contributed by atoms with Crippen molar-refractivity contribution in [1.82, 2.24) is 0 Å². The molecule has 0 bridgehead atoms. The molecule has 1 aliphatic rings. The van der Waals surface area contributed by atoms with Crippen LogP contribution in [-0.4, -0.2) is 0 Å². The van der Waals surface area contributed by atoms with Crippen molar-refractivity contribution in [3.05, 3.63) is 40.4 Å². The van der Waals surface area contributed by atoms with Crippen LogP contribution in [0.3, 0.4) is 0 Å². The van der Waals surface area contributed by atoms with Crippen molar-refractivity contribution in [3.63, 3.8) is 0 Å². The molecule has 0 atom stereocenters. The highest BCUT2D eigenvalue weighted by molar-refractivity contribution is 6.32. The minimum atomic E-state index is 0.625. The smallest absolute Gasteiger partial charge is 0.0992 e. The Morgan fingerprint density at radius 2 is 2.13 bits per heavy atom. The van der Waals surface area contributed by atoms with Gasteiger partial charge in [0, 0.05) is 5.02 Å². The van der Waals surface area contributed by atoms with Gasteiger partial charge in [0.05, 0.1) is 11.6 Å². The van der Waals surface area contributed by atoms with Gasteiger partial charge in [-0.25, -0.2) is 0 Å². The SMILES string of the molecule is N#Cc1ccc(C2=CCCCC2)c(Cl)c1. The third kappa shape index (κ3) is 2.22. The first-order chi connectivity index (χ1) is 7.31. The highest BCUT2D eigenvalue weighted by atomic mass is 35.5. The molecule has 0 aromatic heterocycles. The van der Waals surface area contributed by atoms with Crippen molar-refractivity contribution in [1.29, 1.82) is 5.26 Å². The second-order valence-electron chi connectivity index (χ2n) is 3.78. The Labute approximate surface area is 95.0 Å². The molecule has 0 heterocycles. The monoisotopic (exact) mass is 217 g/mol. The van der Waals surface area contributed by atoms with E-state index < -0.39 is 0 Å². The summed E-state index contributed by atoms with van der Waals surface area (Å²) in [5, 5.41) is 9.44. The van der Waals surface area contributed by atoms with Crippen molar-refractivity contribution in [3.8, 4) is 6.07 Å². The lowest BCUT2D eigenvalue weighted by atomic mass is 9.93. The summed E-state index contributed by atoms with van der Waals surface area (Å²) in [6, 6.07) is 7.62. The molecule has 0 saturated heterocycles. The lowest BCUT2D eigenvalue weighted by Gasteiger charge is -2.14. The lowest BCUT2D eigenvalue weighted by Crippen LogP contribution is -1.93. The fraction of sp³-hybridized carbons (Fsp3) is 0.308. The Balaban J connectivity index is 2.37. The van der Waals surface area contributed by atoms with Gasteiger partial charge in [-0.2, -0.15) is 5.26 Å². The first-order valence-corrected chi connectivity index (χ1v) is 5.58. The molecule has 0 spiro atoms. The van der Waals surface area contributed by atoms with E-state index in [1.807, 2.05) is 12.1 Å². The number of benzene rings is 1. The topological polar surface area (TPSA) is 23.8 Å². The summed E-state index contributed by atoms with van der Waals surface area (Å²) < 4.78 is 0. The van der Waals surface area contributed by atoms with Gasteiger partial charge in [-0.3, -0.25) is 0 Å². The number of nitriles is 1. The van der Waals surface area contributed by atoms with E-state index in [2.05, 4.69) is 12.1 Å². The van der Waals surface area contributed by atoms with Crippen molar-refractivity contribution < 1.29 is 0 Å². The summed E-state index contributed by atoms with van der Waals surface area (Å²) in [6.45, 7) is 0. The van der Waals surface area contributed by atoms with Crippen LogP contribution in [0.25, 0.3) is 5.57 Å². The maximum absolute atomic E-state index is 8.74. The molecular weight excluding hydrogens is 206 g/mol. The van der Waals surface area contributed by atoms with Crippen LogP contribution in [0.15, 0.2) is 24.3 Å². The molecule has 2 heteroatoms. The first kappa shape index (κ1) is 10.3. The van der Waals surface area contributed by atoms with E-state index in [1.165, 1.54) is 18.4 Å². The molecule has 0 saturated carbocycles. The number of rotatable bonds is 1. The van der Waals surface area contributed by atoms with Crippen LogP contribution < -0.4 is 0 Å². The maximum atomic E-state index is 8.74. The van der Waals surface area contributed by atoms with Gasteiger partial charge in [0.15, 0.2) is 0 Å². The van der Waals surface area contributed by atoms with Crippen LogP contribution in [0, 0.1) is 11.3 Å². The van der Waals surface area contributed by atoms with Gasteiger partial charge >= 0.3 is 0 Å². The molecule has 0 aliphatic heterocycles. The number of halogens is 1. The number of allylic oxidation sites excluding steroid dienone is 2. The van der Waals surface area contributed by atoms with E-state index in [1.54, 1.807) is 6.07 Å². The third-order valence-corrected chi connectivity index (χ3v) is 3.05. The Bertz CT molecular complexity index is 440. The van der Waals surface area contributed by atoms with Crippen LogP contribution in [0.1, 0.15) is 36.8 Å². The van der Waals surface area contributed by atoms with Crippen molar-refractivity contribution in [2.45, 2.75) is 25.7 Å². The molecule has 0 unspecified atom stereocenters. The molecule has 0 fully saturated rings. The van der Waals surface area contributed by atoms with Crippen LogP contribution >= 0.6 is 11.6 Å². The lowest BCUT2D eigenvalue weighted by molar-refractivity contribution is 0.742. The Morgan fingerprint density at radius 1 is 1.27 bits per heavy atom. The quantitative estimate of drug-likeness (QED) is 0.693. The van der Waals surface area contributed by atoms with Crippen molar-refractivity contribution in [2.75, 3.05) is 0 Å². The molecule has 2 rings (SSSR count). The predicted octanol–water partition coefficient (Wildman–Crippen LogP) is 4.17. The van der Waals surface area contributed by atoms with Crippen LogP contribution in [0.2, 0.25) is 5.02 Å². The molecule has 76 valence electrons. The zero-order valence-electron chi connectivity index (χ0n) is 8.46. The molecule has 0 N–H and O–H groups in total. The summed E-state index contributed by atoms with van der Waals surface area (Å²) in [5.41, 5.74) is 3.05.